The number of aromatic nitrogens is 3. The molecule has 7 heterocycles. The fourth-order valence-corrected chi connectivity index (χ4v) is 18.9. The zero-order chi connectivity index (χ0) is 87.3. The molecule has 0 radical (unpaired) electrons. The molecule has 8 amide bonds. The Morgan fingerprint density at radius 1 is 0.368 bits per heavy atom. The van der Waals surface area contributed by atoms with Crippen LogP contribution >= 0.6 is 0 Å². The lowest BCUT2D eigenvalue weighted by molar-refractivity contribution is -0.146. The first kappa shape index (κ1) is 83.4. The van der Waals surface area contributed by atoms with Crippen molar-refractivity contribution in [1.29, 1.82) is 0 Å². The highest BCUT2D eigenvalue weighted by Crippen LogP contribution is 2.60. The number of anilines is 4. The number of hydrogen-bond acceptors (Lipinski definition) is 23. The Labute approximate surface area is 714 Å². The van der Waals surface area contributed by atoms with E-state index in [1.54, 1.807) is 67.8 Å². The van der Waals surface area contributed by atoms with Gasteiger partial charge >= 0.3 is 17.9 Å². The van der Waals surface area contributed by atoms with Crippen LogP contribution in [-0.2, 0) is 70.8 Å². The summed E-state index contributed by atoms with van der Waals surface area (Å²) < 4.78 is 36.6. The number of carbonyl (C=O) groups excluding carboxylic acids is 12. The van der Waals surface area contributed by atoms with Crippen LogP contribution in [0.3, 0.4) is 0 Å². The molecular weight excluding hydrogens is 1600 g/mol. The molecule has 4 aliphatic heterocycles. The molecule has 0 N–H and O–H groups in total. The van der Waals surface area contributed by atoms with Crippen LogP contribution < -0.4 is 51.3 Å². The average Bonchev–Trinajstić information content (AvgIpc) is 1.52. The average molecular weight is 1690 g/mol. The number of pyridine rings is 1. The second kappa shape index (κ2) is 34.8. The van der Waals surface area contributed by atoms with Crippen molar-refractivity contribution >= 4 is 115 Å². The van der Waals surface area contributed by atoms with Crippen LogP contribution in [0.2, 0.25) is 0 Å². The maximum atomic E-state index is 15.2. The molecule has 29 nitrogen and oxygen atoms in total. The highest BCUT2D eigenvalue weighted by Gasteiger charge is 2.75. The lowest BCUT2D eigenvalue weighted by Gasteiger charge is -2.36. The molecule has 17 rings (SSSR count). The summed E-state index contributed by atoms with van der Waals surface area (Å²) in [6, 6.07) is 40.4. The summed E-state index contributed by atoms with van der Waals surface area (Å²) in [4.78, 5) is 237. The molecule has 3 aliphatic carbocycles. The standard InChI is InChI=1S/C96H87N7O22/c1-4-5-6-11-35-120-66-25-19-54(20-26-66)55-21-27-67(28-22-55)122-39-15-40-125-96(119)59-44-62(99-84(107)71-50-69-70(51-72(71)85(99)108)83(106)98(3)82(69)105)48-63(45-59)101-90(113)77-78(91(101)114)80-79(77)92(115)103(93(80)116)65-47-60(95(118)123-37-12-10-16-53-31-33-97-34-32-53)46-64(49-65)102-88(111)75-73-74(76(75)89(102)112)87(110)100(86(73)109)61-42-52(2)41-58(43-61)94(117)124-38-14-13-36-121-68-29-23-57(24-30-68)81(104)56-17-8-7-9-18-56/h7-9,17-18,21-24,27-34,41-51,54,66,73-80H,4-6,10-16,19-20,25-26,35-40H2,1-3H3. The Bertz CT molecular complexity index is 6140. The van der Waals surface area contributed by atoms with E-state index in [2.05, 4.69) is 11.9 Å². The van der Waals surface area contributed by atoms with Crippen LogP contribution in [-0.4, -0.2) is 131 Å². The van der Waals surface area contributed by atoms with Gasteiger partial charge in [-0.1, -0.05) is 68.7 Å². The van der Waals surface area contributed by atoms with E-state index in [-0.39, 0.29) is 118 Å². The monoisotopic (exact) mass is 1690 g/mol. The summed E-state index contributed by atoms with van der Waals surface area (Å²) in [6.45, 7) is 4.63. The zero-order valence-corrected chi connectivity index (χ0v) is 68.7. The molecule has 7 aliphatic rings. The van der Waals surface area contributed by atoms with Gasteiger partial charge in [-0.2, -0.15) is 0 Å². The third-order valence-electron chi connectivity index (χ3n) is 25.3. The quantitative estimate of drug-likeness (QED) is 0.0121. The minimum atomic E-state index is -1.55. The minimum absolute atomic E-state index is 0.00467. The fraction of sp³-hybridized carbons (Fsp3) is 0.344. The summed E-state index contributed by atoms with van der Waals surface area (Å²) in [6.07, 6.45) is 14.8. The number of amides is 8. The first-order valence-electron chi connectivity index (χ1n) is 42.4. The molecule has 10 aromatic rings. The highest BCUT2D eigenvalue weighted by molar-refractivity contribution is 6.34. The number of aryl methyl sites for hydroxylation is 2. The van der Waals surface area contributed by atoms with Crippen molar-refractivity contribution in [2.45, 2.75) is 116 Å². The Kier molecular flexibility index (Phi) is 23.2. The SMILES string of the molecule is CCCCCCOC1CCC(c2ccc(OCCCOC(=O)c3cc(N4C(=O)C5C6C(=O)N(c7cc(C(=O)OCCCCc8ccncc8)cc(N8C(=O)C9C%10C(=O)N(c%11cc(C)cc(C(=O)OCCCCOc%12ccc(C(=O)c%13ccccc%13)cc%12)c%11)C(=O)C%10C9C8=O)c7)C(=O)C6C5C4=O)cc(-n4c(=O)c5cc6c(=O)n(C)c(=O)c6cc5c4=O)c3)cc2)CC1. The number of ether oxygens (including phenoxy) is 6. The lowest BCUT2D eigenvalue weighted by Crippen LogP contribution is -2.50. The molecule has 125 heavy (non-hydrogen) atoms. The second-order valence-electron chi connectivity index (χ2n) is 33.0. The van der Waals surface area contributed by atoms with Gasteiger partial charge in [-0.05, 0) is 209 Å². The van der Waals surface area contributed by atoms with E-state index in [0.717, 1.165) is 102 Å². The molecule has 0 bridgehead atoms. The minimum Gasteiger partial charge on any atom is -0.494 e. The predicted octanol–water partition coefficient (Wildman–Crippen LogP) is 10.7. The summed E-state index contributed by atoms with van der Waals surface area (Å²) in [5.41, 5.74) is -1.90. The number of imide groups is 4. The van der Waals surface area contributed by atoms with Crippen LogP contribution in [0, 0.1) is 54.3 Å². The van der Waals surface area contributed by atoms with Gasteiger partial charge in [0.05, 0.1) is 153 Å². The van der Waals surface area contributed by atoms with Gasteiger partial charge in [-0.3, -0.25) is 71.9 Å². The summed E-state index contributed by atoms with van der Waals surface area (Å²) in [7, 11) is 1.24. The number of rotatable bonds is 33. The molecule has 7 fully saturated rings. The first-order valence-corrected chi connectivity index (χ1v) is 42.4. The van der Waals surface area contributed by atoms with Gasteiger partial charge in [-0.15, -0.1) is 0 Å². The number of ketones is 1. The number of hydrogen-bond donors (Lipinski definition) is 0. The molecule has 3 aromatic heterocycles. The fourth-order valence-electron chi connectivity index (χ4n) is 18.9. The van der Waals surface area contributed by atoms with Gasteiger partial charge in [0.1, 0.15) is 11.5 Å². The third-order valence-corrected chi connectivity index (χ3v) is 25.3. The van der Waals surface area contributed by atoms with Crippen molar-refractivity contribution in [1.82, 2.24) is 14.1 Å². The van der Waals surface area contributed by atoms with Gasteiger partial charge < -0.3 is 28.4 Å². The van der Waals surface area contributed by atoms with E-state index in [0.29, 0.717) is 85.5 Å². The first-order chi connectivity index (χ1) is 60.5. The van der Waals surface area contributed by atoms with Gasteiger partial charge in [0.15, 0.2) is 5.78 Å². The highest BCUT2D eigenvalue weighted by atomic mass is 16.5. The number of carbonyl (C=O) groups is 12. The number of benzene rings is 7. The van der Waals surface area contributed by atoms with E-state index in [9.17, 15) is 47.9 Å². The van der Waals surface area contributed by atoms with Crippen molar-refractivity contribution < 1.29 is 86.0 Å². The van der Waals surface area contributed by atoms with Gasteiger partial charge in [-0.25, -0.2) is 38.6 Å². The number of nitrogens with zero attached hydrogens (tertiary/aromatic N) is 7. The van der Waals surface area contributed by atoms with Gasteiger partial charge in [0.2, 0.25) is 47.3 Å². The van der Waals surface area contributed by atoms with Crippen molar-refractivity contribution in [3.8, 4) is 17.2 Å². The molecular formula is C96H87N7O22. The molecule has 0 spiro atoms. The number of unbranched alkanes of at least 4 members (excludes halogenated alkanes) is 5. The van der Waals surface area contributed by atoms with E-state index >= 15 is 28.8 Å². The Morgan fingerprint density at radius 2 is 0.760 bits per heavy atom. The van der Waals surface area contributed by atoms with E-state index < -0.39 is 135 Å². The predicted molar refractivity (Wildman–Crippen MR) is 453 cm³/mol. The van der Waals surface area contributed by atoms with E-state index in [4.69, 9.17) is 28.4 Å². The van der Waals surface area contributed by atoms with Crippen molar-refractivity contribution in [2.24, 2.45) is 54.4 Å². The molecule has 3 saturated carbocycles. The molecule has 8 unspecified atom stereocenters. The zero-order valence-electron chi connectivity index (χ0n) is 68.7. The summed E-state index contributed by atoms with van der Waals surface area (Å²) in [5, 5.41) is -0.812. The number of esters is 3. The van der Waals surface area contributed by atoms with Gasteiger partial charge in [0, 0.05) is 43.6 Å². The smallest absolute Gasteiger partial charge is 0.338 e. The third kappa shape index (κ3) is 15.5. The summed E-state index contributed by atoms with van der Waals surface area (Å²) in [5.74, 6) is -20.8. The number of fused-ring (bicyclic) bond motifs is 10. The van der Waals surface area contributed by atoms with Crippen molar-refractivity contribution in [2.75, 3.05) is 59.2 Å². The normalized spacial score (nSPS) is 21.2. The molecule has 29 heteroatoms. The largest absolute Gasteiger partial charge is 0.494 e. The van der Waals surface area contributed by atoms with Crippen LogP contribution in [0.25, 0.3) is 27.2 Å². The Balaban J connectivity index is 0.586. The van der Waals surface area contributed by atoms with E-state index in [1.807, 2.05) is 42.5 Å². The summed E-state index contributed by atoms with van der Waals surface area (Å²) >= 11 is 0. The van der Waals surface area contributed by atoms with Crippen LogP contribution in [0.1, 0.15) is 160 Å². The molecule has 8 atom stereocenters. The molecule has 7 aromatic carbocycles. The topological polar surface area (TPSA) is 364 Å². The van der Waals surface area contributed by atoms with Gasteiger partial charge in [0.25, 0.3) is 22.2 Å². The maximum Gasteiger partial charge on any atom is 0.338 e. The van der Waals surface area contributed by atoms with Crippen molar-refractivity contribution in [3.63, 3.8) is 0 Å². The molecule has 4 saturated heterocycles. The maximum absolute atomic E-state index is 15.2. The second-order valence-corrected chi connectivity index (χ2v) is 33.0. The Hall–Kier alpha value is -13.8. The van der Waals surface area contributed by atoms with Crippen LogP contribution in [0.5, 0.6) is 11.5 Å². The van der Waals surface area contributed by atoms with Crippen molar-refractivity contribution in [3.05, 3.63) is 256 Å². The van der Waals surface area contributed by atoms with Crippen LogP contribution in [0.4, 0.5) is 22.7 Å². The molecule has 638 valence electrons. The van der Waals surface area contributed by atoms with Crippen LogP contribution in [0.15, 0.2) is 189 Å². The van der Waals surface area contributed by atoms with E-state index in [1.165, 1.54) is 50.1 Å². The lowest BCUT2D eigenvalue weighted by atomic mass is 9.59. The Morgan fingerprint density at radius 3 is 1.24 bits per heavy atom.